The SMILES string of the molecule is CCn1c(SCC(=O)NC(=O)NCc2ccccc2)nc2ccsc2c1=O. The number of carbonyl (C=O) groups excluding carboxylic acids is 2. The summed E-state index contributed by atoms with van der Waals surface area (Å²) in [6, 6.07) is 10.6. The number of rotatable bonds is 6. The molecule has 0 fully saturated rings. The minimum atomic E-state index is -0.557. The van der Waals surface area contributed by atoms with Gasteiger partial charge < -0.3 is 5.32 Å². The van der Waals surface area contributed by atoms with Gasteiger partial charge in [-0.2, -0.15) is 0 Å². The maximum absolute atomic E-state index is 12.4. The molecule has 1 aromatic carbocycles. The van der Waals surface area contributed by atoms with Crippen LogP contribution in [0.25, 0.3) is 10.2 Å². The lowest BCUT2D eigenvalue weighted by atomic mass is 10.2. The van der Waals surface area contributed by atoms with E-state index in [2.05, 4.69) is 15.6 Å². The number of amides is 3. The zero-order valence-corrected chi connectivity index (χ0v) is 16.2. The second-order valence-electron chi connectivity index (χ2n) is 5.58. The number of thiophene rings is 1. The third-order valence-electron chi connectivity index (χ3n) is 3.73. The van der Waals surface area contributed by atoms with Crippen molar-refractivity contribution in [3.63, 3.8) is 0 Å². The molecule has 0 saturated carbocycles. The average Bonchev–Trinajstić information content (AvgIpc) is 3.14. The molecule has 2 heterocycles. The highest BCUT2D eigenvalue weighted by Crippen LogP contribution is 2.20. The first-order chi connectivity index (χ1) is 13.1. The molecule has 9 heteroatoms. The van der Waals surface area contributed by atoms with Crippen molar-refractivity contribution in [2.75, 3.05) is 5.75 Å². The van der Waals surface area contributed by atoms with Crippen LogP contribution in [0.15, 0.2) is 51.7 Å². The number of benzene rings is 1. The molecule has 0 aliphatic rings. The fourth-order valence-electron chi connectivity index (χ4n) is 2.43. The van der Waals surface area contributed by atoms with Crippen molar-refractivity contribution < 1.29 is 9.59 Å². The molecule has 2 aromatic heterocycles. The molecule has 0 bridgehead atoms. The minimum absolute atomic E-state index is 0.0131. The van der Waals surface area contributed by atoms with Gasteiger partial charge in [0.15, 0.2) is 5.16 Å². The molecule has 0 spiro atoms. The van der Waals surface area contributed by atoms with Crippen LogP contribution in [0.3, 0.4) is 0 Å². The van der Waals surface area contributed by atoms with Crippen LogP contribution in [0.2, 0.25) is 0 Å². The van der Waals surface area contributed by atoms with E-state index >= 15 is 0 Å². The minimum Gasteiger partial charge on any atom is -0.334 e. The number of hydrogen-bond acceptors (Lipinski definition) is 6. The predicted octanol–water partition coefficient (Wildman–Crippen LogP) is 2.60. The summed E-state index contributed by atoms with van der Waals surface area (Å²) in [5, 5.41) is 7.20. The van der Waals surface area contributed by atoms with Gasteiger partial charge in [0.1, 0.15) is 4.70 Å². The zero-order valence-electron chi connectivity index (χ0n) is 14.6. The molecule has 27 heavy (non-hydrogen) atoms. The van der Waals surface area contributed by atoms with E-state index in [1.807, 2.05) is 42.6 Å². The van der Waals surface area contributed by atoms with Crippen LogP contribution in [0.1, 0.15) is 12.5 Å². The molecule has 2 N–H and O–H groups in total. The number of imide groups is 1. The van der Waals surface area contributed by atoms with Gasteiger partial charge in [0, 0.05) is 13.1 Å². The molecular weight excluding hydrogens is 384 g/mol. The number of thioether (sulfide) groups is 1. The maximum atomic E-state index is 12.4. The Bertz CT molecular complexity index is 1010. The lowest BCUT2D eigenvalue weighted by Crippen LogP contribution is -2.40. The quantitative estimate of drug-likeness (QED) is 0.488. The Labute approximate surface area is 163 Å². The van der Waals surface area contributed by atoms with Gasteiger partial charge in [-0.1, -0.05) is 42.1 Å². The van der Waals surface area contributed by atoms with Crippen molar-refractivity contribution in [3.8, 4) is 0 Å². The number of nitrogens with zero attached hydrogens (tertiary/aromatic N) is 2. The van der Waals surface area contributed by atoms with Gasteiger partial charge in [-0.25, -0.2) is 9.78 Å². The molecule has 3 rings (SSSR count). The Morgan fingerprint density at radius 2 is 2.00 bits per heavy atom. The largest absolute Gasteiger partial charge is 0.334 e. The molecule has 3 amide bonds. The van der Waals surface area contributed by atoms with Gasteiger partial charge >= 0.3 is 6.03 Å². The first-order valence-electron chi connectivity index (χ1n) is 8.31. The normalized spacial score (nSPS) is 10.7. The van der Waals surface area contributed by atoms with Gasteiger partial charge in [-0.05, 0) is 23.9 Å². The number of hydrogen-bond donors (Lipinski definition) is 2. The highest BCUT2D eigenvalue weighted by molar-refractivity contribution is 7.99. The van der Waals surface area contributed by atoms with E-state index in [1.54, 1.807) is 6.07 Å². The maximum Gasteiger partial charge on any atom is 0.321 e. The lowest BCUT2D eigenvalue weighted by Gasteiger charge is -2.10. The van der Waals surface area contributed by atoms with Crippen LogP contribution in [0.4, 0.5) is 4.79 Å². The highest BCUT2D eigenvalue weighted by atomic mass is 32.2. The Morgan fingerprint density at radius 1 is 1.22 bits per heavy atom. The van der Waals surface area contributed by atoms with Crippen LogP contribution < -0.4 is 16.2 Å². The Morgan fingerprint density at radius 3 is 2.74 bits per heavy atom. The summed E-state index contributed by atoms with van der Waals surface area (Å²) in [5.74, 6) is -0.464. The van der Waals surface area contributed by atoms with Crippen LogP contribution in [-0.4, -0.2) is 27.2 Å². The molecule has 0 radical (unpaired) electrons. The molecule has 0 aliphatic heterocycles. The van der Waals surface area contributed by atoms with E-state index in [0.29, 0.717) is 28.5 Å². The molecule has 0 unspecified atom stereocenters. The van der Waals surface area contributed by atoms with Crippen molar-refractivity contribution in [1.82, 2.24) is 20.2 Å². The van der Waals surface area contributed by atoms with E-state index in [-0.39, 0.29) is 11.3 Å². The second-order valence-corrected chi connectivity index (χ2v) is 7.44. The van der Waals surface area contributed by atoms with Gasteiger partial charge in [-0.15, -0.1) is 11.3 Å². The summed E-state index contributed by atoms with van der Waals surface area (Å²) >= 11 is 2.48. The van der Waals surface area contributed by atoms with Crippen molar-refractivity contribution in [2.24, 2.45) is 0 Å². The first kappa shape index (κ1) is 19.1. The number of nitrogens with one attached hydrogen (secondary N) is 2. The average molecular weight is 403 g/mol. The standard InChI is InChI=1S/C18H18N4O3S2/c1-2-22-16(24)15-13(8-9-26-15)20-18(22)27-11-14(23)21-17(25)19-10-12-6-4-3-5-7-12/h3-9H,2,10-11H2,1H3,(H2,19,21,23,25). The number of aromatic nitrogens is 2. The summed E-state index contributed by atoms with van der Waals surface area (Å²) < 4.78 is 2.14. The third-order valence-corrected chi connectivity index (χ3v) is 5.60. The van der Waals surface area contributed by atoms with Crippen molar-refractivity contribution in [1.29, 1.82) is 0 Å². The Kier molecular flexibility index (Phi) is 6.25. The predicted molar refractivity (Wildman–Crippen MR) is 107 cm³/mol. The van der Waals surface area contributed by atoms with Crippen molar-refractivity contribution in [3.05, 3.63) is 57.7 Å². The van der Waals surface area contributed by atoms with E-state index in [1.165, 1.54) is 15.9 Å². The fraction of sp³-hybridized carbons (Fsp3) is 0.222. The molecule has 7 nitrogen and oxygen atoms in total. The fourth-order valence-corrected chi connectivity index (χ4v) is 4.07. The topological polar surface area (TPSA) is 93.1 Å². The summed E-state index contributed by atoms with van der Waals surface area (Å²) in [6.07, 6.45) is 0. The van der Waals surface area contributed by atoms with Crippen LogP contribution in [0.5, 0.6) is 0 Å². The molecule has 0 aliphatic carbocycles. The molecule has 0 saturated heterocycles. The smallest absolute Gasteiger partial charge is 0.321 e. The number of fused-ring (bicyclic) bond motifs is 1. The van der Waals surface area contributed by atoms with Gasteiger partial charge in [0.2, 0.25) is 5.91 Å². The number of carbonyl (C=O) groups is 2. The molecule has 3 aromatic rings. The first-order valence-corrected chi connectivity index (χ1v) is 10.2. The monoisotopic (exact) mass is 402 g/mol. The van der Waals surface area contributed by atoms with Crippen molar-refractivity contribution in [2.45, 2.75) is 25.2 Å². The lowest BCUT2D eigenvalue weighted by molar-refractivity contribution is -0.117. The van der Waals surface area contributed by atoms with Crippen LogP contribution in [-0.2, 0) is 17.9 Å². The third kappa shape index (κ3) is 4.75. The van der Waals surface area contributed by atoms with Gasteiger partial charge in [0.25, 0.3) is 5.56 Å². The Hall–Kier alpha value is -2.65. The van der Waals surface area contributed by atoms with Gasteiger partial charge in [0.05, 0.1) is 11.3 Å². The van der Waals surface area contributed by atoms with E-state index in [9.17, 15) is 14.4 Å². The van der Waals surface area contributed by atoms with Crippen molar-refractivity contribution >= 4 is 45.3 Å². The summed E-state index contributed by atoms with van der Waals surface area (Å²) in [5.41, 5.74) is 1.45. The summed E-state index contributed by atoms with van der Waals surface area (Å²) in [4.78, 5) is 40.8. The zero-order chi connectivity index (χ0) is 19.2. The molecular formula is C18H18N4O3S2. The summed E-state index contributed by atoms with van der Waals surface area (Å²) in [6.45, 7) is 2.64. The van der Waals surface area contributed by atoms with Crippen LogP contribution >= 0.6 is 23.1 Å². The van der Waals surface area contributed by atoms with E-state index < -0.39 is 11.9 Å². The number of urea groups is 1. The molecule has 140 valence electrons. The Balaban J connectivity index is 1.56. The molecule has 0 atom stereocenters. The van der Waals surface area contributed by atoms with E-state index in [0.717, 1.165) is 17.3 Å². The highest BCUT2D eigenvalue weighted by Gasteiger charge is 2.14. The van der Waals surface area contributed by atoms with Gasteiger partial charge in [-0.3, -0.25) is 19.5 Å². The second kappa shape index (κ2) is 8.83. The summed E-state index contributed by atoms with van der Waals surface area (Å²) in [7, 11) is 0. The van der Waals surface area contributed by atoms with Crippen LogP contribution in [0, 0.1) is 0 Å². The van der Waals surface area contributed by atoms with E-state index in [4.69, 9.17) is 0 Å².